The first-order valence-electron chi connectivity index (χ1n) is 10.3. The van der Waals surface area contributed by atoms with Crippen LogP contribution in [0.2, 0.25) is 0 Å². The van der Waals surface area contributed by atoms with Crippen molar-refractivity contribution >= 4 is 17.8 Å². The van der Waals surface area contributed by atoms with Crippen LogP contribution in [0.5, 0.6) is 0 Å². The lowest BCUT2D eigenvalue weighted by Gasteiger charge is -2.34. The van der Waals surface area contributed by atoms with Gasteiger partial charge in [0.25, 0.3) is 5.91 Å². The van der Waals surface area contributed by atoms with Gasteiger partial charge in [0.1, 0.15) is 0 Å². The molecule has 4 rings (SSSR count). The first-order chi connectivity index (χ1) is 13.4. The lowest BCUT2D eigenvalue weighted by atomic mass is 9.89. The Balaban J connectivity index is 1.38. The number of carbonyl (C=O) groups is 3. The number of hydrogen-bond acceptors (Lipinski definition) is 3. The number of amides is 2. The van der Waals surface area contributed by atoms with E-state index in [4.69, 9.17) is 0 Å². The Morgan fingerprint density at radius 3 is 2.21 bits per heavy atom. The maximum Gasteiger partial charge on any atom is 0.335 e. The van der Waals surface area contributed by atoms with Crippen molar-refractivity contribution in [2.24, 2.45) is 11.3 Å². The summed E-state index contributed by atoms with van der Waals surface area (Å²) < 4.78 is 0. The summed E-state index contributed by atoms with van der Waals surface area (Å²) in [7, 11) is 0. The molecule has 2 saturated heterocycles. The predicted molar refractivity (Wildman–Crippen MR) is 104 cm³/mol. The zero-order chi connectivity index (χ0) is 19.9. The number of carboxylic acid groups (broad SMARTS) is 1. The van der Waals surface area contributed by atoms with Crippen molar-refractivity contribution in [3.8, 4) is 0 Å². The third kappa shape index (κ3) is 3.52. The molecular weight excluding hydrogens is 356 g/mol. The molecule has 1 spiro atoms. The van der Waals surface area contributed by atoms with Crippen LogP contribution in [0, 0.1) is 18.3 Å². The molecule has 3 fully saturated rings. The Labute approximate surface area is 165 Å². The van der Waals surface area contributed by atoms with Crippen LogP contribution in [0.1, 0.15) is 64.8 Å². The van der Waals surface area contributed by atoms with Gasteiger partial charge >= 0.3 is 5.97 Å². The number of benzene rings is 1. The SMILES string of the molecule is Cc1cc(C(=O)O)cc(C(=O)N2CCC3(CC2)CC3C(=O)N2CCCCC2)c1. The van der Waals surface area contributed by atoms with Gasteiger partial charge in [-0.2, -0.15) is 0 Å². The Bertz CT molecular complexity index is 805. The molecule has 0 aromatic heterocycles. The van der Waals surface area contributed by atoms with Crippen molar-refractivity contribution in [2.45, 2.75) is 45.4 Å². The second-order valence-corrected chi connectivity index (χ2v) is 8.69. The molecule has 6 heteroatoms. The van der Waals surface area contributed by atoms with Gasteiger partial charge in [-0.25, -0.2) is 4.79 Å². The van der Waals surface area contributed by atoms with Crippen LogP contribution in [-0.2, 0) is 4.79 Å². The molecule has 1 saturated carbocycles. The maximum absolute atomic E-state index is 12.9. The van der Waals surface area contributed by atoms with Crippen molar-refractivity contribution in [1.82, 2.24) is 9.80 Å². The summed E-state index contributed by atoms with van der Waals surface area (Å²) >= 11 is 0. The maximum atomic E-state index is 12.9. The first-order valence-corrected chi connectivity index (χ1v) is 10.3. The van der Waals surface area contributed by atoms with Crippen LogP contribution >= 0.6 is 0 Å². The average Bonchev–Trinajstić information content (AvgIpc) is 3.40. The van der Waals surface area contributed by atoms with Crippen molar-refractivity contribution < 1.29 is 19.5 Å². The van der Waals surface area contributed by atoms with Gasteiger partial charge in [-0.15, -0.1) is 0 Å². The molecule has 2 amide bonds. The topological polar surface area (TPSA) is 77.9 Å². The molecule has 3 aliphatic rings. The van der Waals surface area contributed by atoms with Gasteiger partial charge < -0.3 is 14.9 Å². The van der Waals surface area contributed by atoms with E-state index in [0.717, 1.165) is 50.8 Å². The molecule has 1 N–H and O–H groups in total. The van der Waals surface area contributed by atoms with Crippen molar-refractivity contribution in [3.05, 3.63) is 34.9 Å². The number of hydrogen-bond donors (Lipinski definition) is 1. The van der Waals surface area contributed by atoms with Gasteiger partial charge in [0.15, 0.2) is 0 Å². The van der Waals surface area contributed by atoms with Gasteiger partial charge in [0, 0.05) is 37.7 Å². The van der Waals surface area contributed by atoms with Crippen LogP contribution in [0.25, 0.3) is 0 Å². The highest BCUT2D eigenvalue weighted by Gasteiger charge is 2.59. The molecule has 1 unspecified atom stereocenters. The number of carboxylic acids is 1. The Kier molecular flexibility index (Phi) is 4.89. The van der Waals surface area contributed by atoms with Crippen LogP contribution in [0.15, 0.2) is 18.2 Å². The molecule has 28 heavy (non-hydrogen) atoms. The molecule has 1 atom stereocenters. The van der Waals surface area contributed by atoms with Crippen LogP contribution in [-0.4, -0.2) is 58.9 Å². The quantitative estimate of drug-likeness (QED) is 0.869. The molecular formula is C22H28N2O4. The van der Waals surface area contributed by atoms with E-state index in [2.05, 4.69) is 0 Å². The lowest BCUT2D eigenvalue weighted by Crippen LogP contribution is -2.42. The monoisotopic (exact) mass is 384 g/mol. The number of piperidine rings is 2. The number of nitrogens with zero attached hydrogens (tertiary/aromatic N) is 2. The number of aromatic carboxylic acids is 1. The number of rotatable bonds is 3. The number of likely N-dealkylation sites (tertiary alicyclic amines) is 2. The third-order valence-electron chi connectivity index (χ3n) is 6.77. The third-order valence-corrected chi connectivity index (χ3v) is 6.77. The molecule has 1 aliphatic carbocycles. The highest BCUT2D eigenvalue weighted by atomic mass is 16.4. The second-order valence-electron chi connectivity index (χ2n) is 8.69. The van der Waals surface area contributed by atoms with Gasteiger partial charge in [0.2, 0.25) is 5.91 Å². The minimum Gasteiger partial charge on any atom is -0.478 e. The lowest BCUT2D eigenvalue weighted by molar-refractivity contribution is -0.134. The minimum absolute atomic E-state index is 0.0874. The molecule has 1 aromatic rings. The van der Waals surface area contributed by atoms with Crippen molar-refractivity contribution in [2.75, 3.05) is 26.2 Å². The highest BCUT2D eigenvalue weighted by molar-refractivity contribution is 5.98. The normalized spacial score (nSPS) is 23.5. The zero-order valence-corrected chi connectivity index (χ0v) is 16.4. The van der Waals surface area contributed by atoms with E-state index in [-0.39, 0.29) is 22.8 Å². The van der Waals surface area contributed by atoms with Gasteiger partial charge in [-0.05, 0) is 74.6 Å². The van der Waals surface area contributed by atoms with E-state index in [9.17, 15) is 19.5 Å². The molecule has 2 aliphatic heterocycles. The first kappa shape index (κ1) is 19.0. The van der Waals surface area contributed by atoms with Crippen LogP contribution in [0.4, 0.5) is 0 Å². The summed E-state index contributed by atoms with van der Waals surface area (Å²) in [5.41, 5.74) is 1.44. The van der Waals surface area contributed by atoms with E-state index in [0.29, 0.717) is 24.6 Å². The van der Waals surface area contributed by atoms with E-state index >= 15 is 0 Å². The standard InChI is InChI=1S/C22H28N2O4/c1-15-11-16(13-17(12-15)21(27)28)19(25)24-9-5-22(6-10-24)14-18(22)20(26)23-7-3-2-4-8-23/h11-13,18H,2-10,14H2,1H3,(H,27,28). The fraction of sp³-hybridized carbons (Fsp3) is 0.591. The van der Waals surface area contributed by atoms with Crippen molar-refractivity contribution in [1.29, 1.82) is 0 Å². The minimum atomic E-state index is -1.02. The fourth-order valence-corrected chi connectivity index (χ4v) is 4.95. The smallest absolute Gasteiger partial charge is 0.335 e. The Morgan fingerprint density at radius 1 is 0.929 bits per heavy atom. The van der Waals surface area contributed by atoms with E-state index in [1.54, 1.807) is 19.1 Å². The largest absolute Gasteiger partial charge is 0.478 e. The van der Waals surface area contributed by atoms with Crippen LogP contribution < -0.4 is 0 Å². The summed E-state index contributed by atoms with van der Waals surface area (Å²) in [6.45, 7) is 4.87. The van der Waals surface area contributed by atoms with E-state index in [1.807, 2.05) is 9.80 Å². The van der Waals surface area contributed by atoms with Crippen LogP contribution in [0.3, 0.4) is 0 Å². The summed E-state index contributed by atoms with van der Waals surface area (Å²) in [4.78, 5) is 40.8. The Morgan fingerprint density at radius 2 is 1.57 bits per heavy atom. The van der Waals surface area contributed by atoms with E-state index < -0.39 is 5.97 Å². The predicted octanol–water partition coefficient (Wildman–Crippen LogP) is 2.95. The number of carbonyl (C=O) groups excluding carboxylic acids is 2. The highest BCUT2D eigenvalue weighted by Crippen LogP contribution is 2.60. The number of aryl methyl sites for hydroxylation is 1. The zero-order valence-electron chi connectivity index (χ0n) is 16.4. The van der Waals surface area contributed by atoms with E-state index in [1.165, 1.54) is 12.5 Å². The Hall–Kier alpha value is -2.37. The van der Waals surface area contributed by atoms with Gasteiger partial charge in [-0.1, -0.05) is 0 Å². The summed E-state index contributed by atoms with van der Waals surface area (Å²) in [6.07, 6.45) is 6.13. The summed E-state index contributed by atoms with van der Waals surface area (Å²) in [5.74, 6) is -0.669. The molecule has 0 radical (unpaired) electrons. The average molecular weight is 384 g/mol. The summed E-state index contributed by atoms with van der Waals surface area (Å²) in [5, 5.41) is 9.23. The molecule has 0 bridgehead atoms. The summed E-state index contributed by atoms with van der Waals surface area (Å²) in [6, 6.07) is 4.78. The van der Waals surface area contributed by atoms with Gasteiger partial charge in [-0.3, -0.25) is 9.59 Å². The molecule has 6 nitrogen and oxygen atoms in total. The fourth-order valence-electron chi connectivity index (χ4n) is 4.95. The van der Waals surface area contributed by atoms with Crippen molar-refractivity contribution in [3.63, 3.8) is 0 Å². The van der Waals surface area contributed by atoms with Gasteiger partial charge in [0.05, 0.1) is 5.56 Å². The molecule has 150 valence electrons. The molecule has 2 heterocycles. The molecule has 1 aromatic carbocycles. The second kappa shape index (κ2) is 7.22.